The Hall–Kier alpha value is -1.66. The third-order valence-corrected chi connectivity index (χ3v) is 3.64. The fourth-order valence-corrected chi connectivity index (χ4v) is 2.54. The number of piperidine rings is 1. The van der Waals surface area contributed by atoms with Crippen molar-refractivity contribution in [3.63, 3.8) is 0 Å². The van der Waals surface area contributed by atoms with Crippen LogP contribution in [0, 0.1) is 0 Å². The molecule has 0 aliphatic carbocycles. The number of aliphatic hydroxyl groups is 1. The topological polar surface area (TPSA) is 67.1 Å². The van der Waals surface area contributed by atoms with E-state index >= 15 is 0 Å². The fourth-order valence-electron chi connectivity index (χ4n) is 2.36. The lowest BCUT2D eigenvalue weighted by atomic mass is 10.1. The second-order valence-corrected chi connectivity index (χ2v) is 5.34. The van der Waals surface area contributed by atoms with E-state index in [0.717, 1.165) is 43.0 Å². The normalized spacial score (nSPS) is 16.6. The van der Waals surface area contributed by atoms with Crippen LogP contribution >= 0.6 is 11.6 Å². The van der Waals surface area contributed by atoms with Gasteiger partial charge in [0.15, 0.2) is 0 Å². The van der Waals surface area contributed by atoms with Gasteiger partial charge in [0.25, 0.3) is 0 Å². The van der Waals surface area contributed by atoms with E-state index in [9.17, 15) is 5.11 Å². The average Bonchev–Trinajstić information content (AvgIpc) is 2.85. The Morgan fingerprint density at radius 3 is 2.70 bits per heavy atom. The first kappa shape index (κ1) is 13.3. The van der Waals surface area contributed by atoms with Gasteiger partial charge in [-0.15, -0.1) is 0 Å². The summed E-state index contributed by atoms with van der Waals surface area (Å²) in [6.45, 7) is 1.56. The molecule has 0 atom stereocenters. The van der Waals surface area contributed by atoms with Gasteiger partial charge in [0.2, 0.25) is 5.28 Å². The number of rotatable bonds is 2. The molecule has 1 saturated heterocycles. The summed E-state index contributed by atoms with van der Waals surface area (Å²) >= 11 is 6.03. The molecule has 2 aromatic rings. The van der Waals surface area contributed by atoms with E-state index in [1.54, 1.807) is 10.9 Å². The van der Waals surface area contributed by atoms with Crippen LogP contribution in [0.1, 0.15) is 12.8 Å². The van der Waals surface area contributed by atoms with Crippen molar-refractivity contribution in [2.75, 3.05) is 18.0 Å². The molecule has 0 saturated carbocycles. The smallest absolute Gasteiger partial charge is 0.224 e. The van der Waals surface area contributed by atoms with Crippen LogP contribution in [-0.4, -0.2) is 44.0 Å². The predicted molar refractivity (Wildman–Crippen MR) is 76.7 cm³/mol. The van der Waals surface area contributed by atoms with Gasteiger partial charge >= 0.3 is 0 Å². The quantitative estimate of drug-likeness (QED) is 0.850. The van der Waals surface area contributed by atoms with Crippen LogP contribution in [0.4, 0.5) is 5.82 Å². The molecule has 0 aromatic carbocycles. The highest BCUT2D eigenvalue weighted by Gasteiger charge is 2.19. The monoisotopic (exact) mass is 293 g/mol. The first-order valence-corrected chi connectivity index (χ1v) is 6.96. The lowest BCUT2D eigenvalue weighted by Crippen LogP contribution is -2.36. The van der Waals surface area contributed by atoms with Gasteiger partial charge in [-0.2, -0.15) is 5.10 Å². The SMILES string of the molecule is Cn1cc(-c2cc(N3CCC(O)CC3)nc(Cl)n2)cn1. The minimum atomic E-state index is -0.207. The summed E-state index contributed by atoms with van der Waals surface area (Å²) in [4.78, 5) is 10.7. The van der Waals surface area contributed by atoms with Gasteiger partial charge < -0.3 is 10.0 Å². The first-order chi connectivity index (χ1) is 9.61. The van der Waals surface area contributed by atoms with Gasteiger partial charge in [0, 0.05) is 38.0 Å². The van der Waals surface area contributed by atoms with E-state index in [0.29, 0.717) is 0 Å². The van der Waals surface area contributed by atoms with Crippen LogP contribution < -0.4 is 4.90 Å². The molecule has 1 aliphatic rings. The average molecular weight is 294 g/mol. The molecule has 0 unspecified atom stereocenters. The number of nitrogens with zero attached hydrogens (tertiary/aromatic N) is 5. The van der Waals surface area contributed by atoms with Crippen molar-refractivity contribution in [1.82, 2.24) is 19.7 Å². The molecule has 0 spiro atoms. The summed E-state index contributed by atoms with van der Waals surface area (Å²) in [5.41, 5.74) is 1.68. The van der Waals surface area contributed by atoms with Gasteiger partial charge in [-0.05, 0) is 24.4 Å². The Labute approximate surface area is 122 Å². The van der Waals surface area contributed by atoms with Crippen molar-refractivity contribution in [2.24, 2.45) is 7.05 Å². The van der Waals surface area contributed by atoms with E-state index in [-0.39, 0.29) is 11.4 Å². The summed E-state index contributed by atoms with van der Waals surface area (Å²) in [6, 6.07) is 1.92. The molecule has 0 amide bonds. The van der Waals surface area contributed by atoms with Crippen LogP contribution in [0.2, 0.25) is 5.28 Å². The second-order valence-electron chi connectivity index (χ2n) is 5.00. The molecule has 0 bridgehead atoms. The zero-order valence-electron chi connectivity index (χ0n) is 11.2. The maximum absolute atomic E-state index is 9.57. The van der Waals surface area contributed by atoms with Crippen molar-refractivity contribution in [3.05, 3.63) is 23.7 Å². The number of halogens is 1. The first-order valence-electron chi connectivity index (χ1n) is 6.58. The standard InChI is InChI=1S/C13H16ClN5O/c1-18-8-9(7-15-18)11-6-12(17-13(14)16-11)19-4-2-10(20)3-5-19/h6-8,10,20H,2-5H2,1H3. The highest BCUT2D eigenvalue weighted by Crippen LogP contribution is 2.25. The van der Waals surface area contributed by atoms with Crippen molar-refractivity contribution in [1.29, 1.82) is 0 Å². The van der Waals surface area contributed by atoms with Gasteiger partial charge in [-0.3, -0.25) is 4.68 Å². The number of aryl methyl sites for hydroxylation is 1. The number of aromatic nitrogens is 4. The largest absolute Gasteiger partial charge is 0.393 e. The lowest BCUT2D eigenvalue weighted by Gasteiger charge is -2.30. The van der Waals surface area contributed by atoms with Crippen molar-refractivity contribution in [2.45, 2.75) is 18.9 Å². The molecule has 1 fully saturated rings. The van der Waals surface area contributed by atoms with Crippen LogP contribution in [0.3, 0.4) is 0 Å². The summed E-state index contributed by atoms with van der Waals surface area (Å²) in [6.07, 6.45) is 4.94. The van der Waals surface area contributed by atoms with Crippen molar-refractivity contribution >= 4 is 17.4 Å². The fraction of sp³-hybridized carbons (Fsp3) is 0.462. The molecule has 6 nitrogen and oxygen atoms in total. The Bertz CT molecular complexity index is 607. The molecule has 0 radical (unpaired) electrons. The zero-order chi connectivity index (χ0) is 14.1. The van der Waals surface area contributed by atoms with Crippen LogP contribution in [0.5, 0.6) is 0 Å². The van der Waals surface area contributed by atoms with Gasteiger partial charge in [-0.1, -0.05) is 0 Å². The minimum Gasteiger partial charge on any atom is -0.393 e. The van der Waals surface area contributed by atoms with E-state index in [1.807, 2.05) is 19.3 Å². The molecule has 106 valence electrons. The molecular formula is C13H16ClN5O. The number of aliphatic hydroxyl groups excluding tert-OH is 1. The Balaban J connectivity index is 1.90. The van der Waals surface area contributed by atoms with E-state index < -0.39 is 0 Å². The van der Waals surface area contributed by atoms with Gasteiger partial charge in [-0.25, -0.2) is 9.97 Å². The molecule has 7 heteroatoms. The molecule has 1 N–H and O–H groups in total. The lowest BCUT2D eigenvalue weighted by molar-refractivity contribution is 0.145. The van der Waals surface area contributed by atoms with Crippen molar-refractivity contribution in [3.8, 4) is 11.3 Å². The summed E-state index contributed by atoms with van der Waals surface area (Å²) in [5.74, 6) is 0.802. The van der Waals surface area contributed by atoms with E-state index in [1.165, 1.54) is 0 Å². The molecule has 20 heavy (non-hydrogen) atoms. The number of hydrogen-bond acceptors (Lipinski definition) is 5. The maximum atomic E-state index is 9.57. The molecule has 1 aliphatic heterocycles. The third-order valence-electron chi connectivity index (χ3n) is 3.47. The van der Waals surface area contributed by atoms with E-state index in [4.69, 9.17) is 11.6 Å². The Kier molecular flexibility index (Phi) is 3.58. The third kappa shape index (κ3) is 2.76. The highest BCUT2D eigenvalue weighted by molar-refractivity contribution is 6.28. The molecular weight excluding hydrogens is 278 g/mol. The zero-order valence-corrected chi connectivity index (χ0v) is 12.0. The van der Waals surface area contributed by atoms with Crippen LogP contribution in [0.15, 0.2) is 18.5 Å². The highest BCUT2D eigenvalue weighted by atomic mass is 35.5. The molecule has 3 heterocycles. The number of anilines is 1. The van der Waals surface area contributed by atoms with Crippen molar-refractivity contribution < 1.29 is 5.11 Å². The van der Waals surface area contributed by atoms with Gasteiger partial charge in [0.05, 0.1) is 18.0 Å². The molecule has 2 aromatic heterocycles. The van der Waals surface area contributed by atoms with Crippen LogP contribution in [-0.2, 0) is 7.05 Å². The van der Waals surface area contributed by atoms with Gasteiger partial charge in [0.1, 0.15) is 5.82 Å². The predicted octanol–water partition coefficient (Wildman–Crippen LogP) is 1.49. The second kappa shape index (κ2) is 5.38. The summed E-state index contributed by atoms with van der Waals surface area (Å²) in [7, 11) is 1.86. The number of hydrogen-bond donors (Lipinski definition) is 1. The Morgan fingerprint density at radius 2 is 2.05 bits per heavy atom. The minimum absolute atomic E-state index is 0.207. The summed E-state index contributed by atoms with van der Waals surface area (Å²) in [5, 5.41) is 13.9. The summed E-state index contributed by atoms with van der Waals surface area (Å²) < 4.78 is 1.72. The maximum Gasteiger partial charge on any atom is 0.224 e. The Morgan fingerprint density at radius 1 is 1.30 bits per heavy atom. The van der Waals surface area contributed by atoms with Crippen LogP contribution in [0.25, 0.3) is 11.3 Å². The molecule has 3 rings (SSSR count). The van der Waals surface area contributed by atoms with E-state index in [2.05, 4.69) is 20.0 Å².